The highest BCUT2D eigenvalue weighted by Gasteiger charge is 2.30. The molecular weight excluding hydrogens is 206 g/mol. The first-order valence-electron chi connectivity index (χ1n) is 5.56. The monoisotopic (exact) mass is 225 g/mol. The molecule has 0 saturated heterocycles. The third-order valence-corrected chi connectivity index (χ3v) is 4.05. The van der Waals surface area contributed by atoms with Crippen molar-refractivity contribution in [2.45, 2.75) is 32.4 Å². The van der Waals surface area contributed by atoms with Gasteiger partial charge in [0.25, 0.3) is 0 Å². The number of rotatable bonds is 6. The summed E-state index contributed by atoms with van der Waals surface area (Å²) < 4.78 is 5.25. The second-order valence-electron chi connectivity index (χ2n) is 4.31. The summed E-state index contributed by atoms with van der Waals surface area (Å²) >= 11 is 1.84. The van der Waals surface area contributed by atoms with Gasteiger partial charge in [-0.3, -0.25) is 0 Å². The molecule has 0 radical (unpaired) electrons. The summed E-state index contributed by atoms with van der Waals surface area (Å²) in [7, 11) is 1.79. The van der Waals surface area contributed by atoms with Crippen LogP contribution in [0.3, 0.4) is 0 Å². The van der Waals surface area contributed by atoms with E-state index >= 15 is 0 Å². The minimum Gasteiger partial charge on any atom is -0.383 e. The van der Waals surface area contributed by atoms with Gasteiger partial charge in [-0.2, -0.15) is 0 Å². The normalized spacial score (nSPS) is 18.0. The third kappa shape index (κ3) is 3.03. The van der Waals surface area contributed by atoms with E-state index in [1.807, 2.05) is 11.3 Å². The molecule has 1 aliphatic carbocycles. The standard InChI is InChI=1S/C12H19NOS/c1-9-5-6-15-12(9)7-13-11(8-14-2)10-3-4-10/h5-6,10-11,13H,3-4,7-8H2,1-2H3. The van der Waals surface area contributed by atoms with Gasteiger partial charge in [-0.15, -0.1) is 11.3 Å². The maximum absolute atomic E-state index is 5.25. The van der Waals surface area contributed by atoms with Crippen LogP contribution < -0.4 is 5.32 Å². The van der Waals surface area contributed by atoms with Crippen molar-refractivity contribution in [2.75, 3.05) is 13.7 Å². The number of ether oxygens (including phenoxy) is 1. The third-order valence-electron chi connectivity index (χ3n) is 3.03. The quantitative estimate of drug-likeness (QED) is 0.803. The number of hydrogen-bond acceptors (Lipinski definition) is 3. The first-order chi connectivity index (χ1) is 7.31. The molecule has 1 aliphatic rings. The van der Waals surface area contributed by atoms with E-state index in [-0.39, 0.29) is 0 Å². The van der Waals surface area contributed by atoms with Crippen molar-refractivity contribution in [1.82, 2.24) is 5.32 Å². The highest BCUT2D eigenvalue weighted by atomic mass is 32.1. The molecule has 1 atom stereocenters. The molecular formula is C12H19NOS. The van der Waals surface area contributed by atoms with Gasteiger partial charge in [-0.05, 0) is 42.7 Å². The van der Waals surface area contributed by atoms with Gasteiger partial charge in [-0.1, -0.05) is 0 Å². The molecule has 2 nitrogen and oxygen atoms in total. The molecule has 0 amide bonds. The summed E-state index contributed by atoms with van der Waals surface area (Å²) in [6.45, 7) is 4.01. The molecule has 84 valence electrons. The smallest absolute Gasteiger partial charge is 0.0618 e. The molecule has 1 unspecified atom stereocenters. The van der Waals surface area contributed by atoms with Crippen LogP contribution >= 0.6 is 11.3 Å². The molecule has 0 bridgehead atoms. The number of nitrogens with one attached hydrogen (secondary N) is 1. The fraction of sp³-hybridized carbons (Fsp3) is 0.667. The molecule has 15 heavy (non-hydrogen) atoms. The van der Waals surface area contributed by atoms with E-state index in [2.05, 4.69) is 23.7 Å². The first kappa shape index (κ1) is 11.1. The van der Waals surface area contributed by atoms with Gasteiger partial charge in [0.2, 0.25) is 0 Å². The zero-order valence-corrected chi connectivity index (χ0v) is 10.3. The minimum atomic E-state index is 0.552. The summed E-state index contributed by atoms with van der Waals surface area (Å²) in [6.07, 6.45) is 2.73. The van der Waals surface area contributed by atoms with E-state index in [0.29, 0.717) is 6.04 Å². The highest BCUT2D eigenvalue weighted by Crippen LogP contribution is 2.33. The number of hydrogen-bond donors (Lipinski definition) is 1. The molecule has 0 spiro atoms. The first-order valence-corrected chi connectivity index (χ1v) is 6.44. The molecule has 1 N–H and O–H groups in total. The van der Waals surface area contributed by atoms with Crippen LogP contribution in [0.5, 0.6) is 0 Å². The highest BCUT2D eigenvalue weighted by molar-refractivity contribution is 7.10. The lowest BCUT2D eigenvalue weighted by atomic mass is 10.2. The number of aryl methyl sites for hydroxylation is 1. The zero-order valence-electron chi connectivity index (χ0n) is 9.45. The largest absolute Gasteiger partial charge is 0.383 e. The van der Waals surface area contributed by atoms with Crippen LogP contribution in [0.1, 0.15) is 23.3 Å². The SMILES string of the molecule is COCC(NCc1sccc1C)C1CC1. The van der Waals surface area contributed by atoms with Crippen LogP contribution in [-0.2, 0) is 11.3 Å². The second-order valence-corrected chi connectivity index (χ2v) is 5.31. The lowest BCUT2D eigenvalue weighted by Crippen LogP contribution is -2.34. The van der Waals surface area contributed by atoms with E-state index in [1.165, 1.54) is 23.3 Å². The lowest BCUT2D eigenvalue weighted by molar-refractivity contribution is 0.157. The second kappa shape index (κ2) is 5.10. The van der Waals surface area contributed by atoms with Crippen molar-refractivity contribution in [2.24, 2.45) is 5.92 Å². The Hall–Kier alpha value is -0.380. The van der Waals surface area contributed by atoms with Gasteiger partial charge in [0.15, 0.2) is 0 Å². The van der Waals surface area contributed by atoms with Gasteiger partial charge in [0, 0.05) is 24.6 Å². The number of thiophene rings is 1. The molecule has 0 aliphatic heterocycles. The van der Waals surface area contributed by atoms with Crippen molar-refractivity contribution in [3.8, 4) is 0 Å². The van der Waals surface area contributed by atoms with Crippen LogP contribution in [0, 0.1) is 12.8 Å². The maximum atomic E-state index is 5.25. The van der Waals surface area contributed by atoms with E-state index in [0.717, 1.165) is 19.1 Å². The van der Waals surface area contributed by atoms with Gasteiger partial charge < -0.3 is 10.1 Å². The molecule has 1 aromatic rings. The summed E-state index contributed by atoms with van der Waals surface area (Å²) in [5.74, 6) is 0.852. The van der Waals surface area contributed by atoms with E-state index < -0.39 is 0 Å². The van der Waals surface area contributed by atoms with Gasteiger partial charge >= 0.3 is 0 Å². The van der Waals surface area contributed by atoms with E-state index in [4.69, 9.17) is 4.74 Å². The predicted octanol–water partition coefficient (Wildman–Crippen LogP) is 2.57. The zero-order chi connectivity index (χ0) is 10.7. The summed E-state index contributed by atoms with van der Waals surface area (Å²) in [6, 6.07) is 2.74. The van der Waals surface area contributed by atoms with Crippen molar-refractivity contribution in [3.63, 3.8) is 0 Å². The predicted molar refractivity (Wildman–Crippen MR) is 64.3 cm³/mol. The van der Waals surface area contributed by atoms with Crippen LogP contribution in [0.25, 0.3) is 0 Å². The van der Waals surface area contributed by atoms with Crippen LogP contribution in [0.15, 0.2) is 11.4 Å². The molecule has 1 saturated carbocycles. The Balaban J connectivity index is 1.82. The molecule has 2 rings (SSSR count). The Kier molecular flexibility index (Phi) is 3.78. The van der Waals surface area contributed by atoms with Gasteiger partial charge in [0.05, 0.1) is 6.61 Å². The van der Waals surface area contributed by atoms with Crippen molar-refractivity contribution >= 4 is 11.3 Å². The molecule has 1 aromatic heterocycles. The summed E-state index contributed by atoms with van der Waals surface area (Å²) in [5.41, 5.74) is 1.40. The van der Waals surface area contributed by atoms with Crippen molar-refractivity contribution < 1.29 is 4.74 Å². The average molecular weight is 225 g/mol. The Morgan fingerprint density at radius 1 is 1.60 bits per heavy atom. The molecule has 1 fully saturated rings. The van der Waals surface area contributed by atoms with Gasteiger partial charge in [-0.25, -0.2) is 0 Å². The van der Waals surface area contributed by atoms with Gasteiger partial charge in [0.1, 0.15) is 0 Å². The number of methoxy groups -OCH3 is 1. The Morgan fingerprint density at radius 3 is 2.93 bits per heavy atom. The van der Waals surface area contributed by atoms with Crippen LogP contribution in [0.4, 0.5) is 0 Å². The summed E-state index contributed by atoms with van der Waals surface area (Å²) in [4.78, 5) is 1.46. The van der Waals surface area contributed by atoms with Crippen LogP contribution in [-0.4, -0.2) is 19.8 Å². The maximum Gasteiger partial charge on any atom is 0.0618 e. The van der Waals surface area contributed by atoms with E-state index in [9.17, 15) is 0 Å². The molecule has 1 heterocycles. The van der Waals surface area contributed by atoms with Crippen molar-refractivity contribution in [3.05, 3.63) is 21.9 Å². The molecule has 0 aromatic carbocycles. The fourth-order valence-corrected chi connectivity index (χ4v) is 2.71. The Labute approximate surface area is 95.6 Å². The summed E-state index contributed by atoms with van der Waals surface area (Å²) in [5, 5.41) is 5.77. The van der Waals surface area contributed by atoms with E-state index in [1.54, 1.807) is 7.11 Å². The van der Waals surface area contributed by atoms with Crippen molar-refractivity contribution in [1.29, 1.82) is 0 Å². The Morgan fingerprint density at radius 2 is 2.40 bits per heavy atom. The lowest BCUT2D eigenvalue weighted by Gasteiger charge is -2.16. The minimum absolute atomic E-state index is 0.552. The topological polar surface area (TPSA) is 21.3 Å². The fourth-order valence-electron chi connectivity index (χ4n) is 1.85. The molecule has 3 heteroatoms. The van der Waals surface area contributed by atoms with Crippen LogP contribution in [0.2, 0.25) is 0 Å². The average Bonchev–Trinajstić information content (AvgIpc) is 2.98. The Bertz CT molecular complexity index is 306.